The third-order valence-corrected chi connectivity index (χ3v) is 3.15. The lowest BCUT2D eigenvalue weighted by molar-refractivity contribution is -0.386. The minimum atomic E-state index is -0.710. The van der Waals surface area contributed by atoms with Crippen molar-refractivity contribution < 1.29 is 14.5 Å². The van der Waals surface area contributed by atoms with Crippen LogP contribution < -0.4 is 10.1 Å². The minimum absolute atomic E-state index is 0.235. The van der Waals surface area contributed by atoms with Crippen molar-refractivity contribution in [2.75, 3.05) is 7.11 Å². The topological polar surface area (TPSA) is 128 Å². The lowest BCUT2D eigenvalue weighted by Crippen LogP contribution is -2.29. The molecule has 0 bridgehead atoms. The molecule has 2 aromatic heterocycles. The Labute approximate surface area is 125 Å². The van der Waals surface area contributed by atoms with Crippen LogP contribution in [0.3, 0.4) is 0 Å². The summed E-state index contributed by atoms with van der Waals surface area (Å²) in [6.07, 6.45) is 1.63. The number of H-pyrrole nitrogens is 1. The Hall–Kier alpha value is -2.91. The molecule has 0 aliphatic rings. The van der Waals surface area contributed by atoms with Gasteiger partial charge in [-0.05, 0) is 19.9 Å². The van der Waals surface area contributed by atoms with Crippen LogP contribution >= 0.6 is 0 Å². The number of nitrogens with zero attached hydrogens (tertiary/aromatic N) is 4. The molecular formula is C12H16N6O4. The fourth-order valence-electron chi connectivity index (χ4n) is 2.11. The number of carbonyl (C=O) groups excluding carboxylic acids is 1. The van der Waals surface area contributed by atoms with Gasteiger partial charge in [0.2, 0.25) is 5.69 Å². The van der Waals surface area contributed by atoms with Gasteiger partial charge in [0.1, 0.15) is 0 Å². The van der Waals surface area contributed by atoms with Gasteiger partial charge in [0, 0.05) is 12.7 Å². The van der Waals surface area contributed by atoms with E-state index in [1.807, 2.05) is 6.92 Å². The second-order valence-corrected chi connectivity index (χ2v) is 4.48. The summed E-state index contributed by atoms with van der Waals surface area (Å²) in [5, 5.41) is 23.8. The Morgan fingerprint density at radius 2 is 2.36 bits per heavy atom. The van der Waals surface area contributed by atoms with Crippen molar-refractivity contribution in [1.82, 2.24) is 25.3 Å². The van der Waals surface area contributed by atoms with Gasteiger partial charge >= 0.3 is 11.6 Å². The minimum Gasteiger partial charge on any atom is -0.475 e. The predicted octanol–water partition coefficient (Wildman–Crippen LogP) is 1.03. The third kappa shape index (κ3) is 2.75. The number of aromatic amines is 1. The quantitative estimate of drug-likeness (QED) is 0.606. The molecule has 22 heavy (non-hydrogen) atoms. The van der Waals surface area contributed by atoms with Crippen molar-refractivity contribution in [3.63, 3.8) is 0 Å². The molecule has 0 aliphatic heterocycles. The summed E-state index contributed by atoms with van der Waals surface area (Å²) in [6.45, 7) is 4.34. The highest BCUT2D eigenvalue weighted by molar-refractivity contribution is 5.97. The second kappa shape index (κ2) is 6.24. The molecule has 2 heterocycles. The number of nitrogens with one attached hydrogen (secondary N) is 2. The number of nitro groups is 1. The van der Waals surface area contributed by atoms with Crippen molar-refractivity contribution in [2.45, 2.75) is 26.4 Å². The van der Waals surface area contributed by atoms with E-state index in [1.54, 1.807) is 23.9 Å². The predicted molar refractivity (Wildman–Crippen MR) is 75.6 cm³/mol. The highest BCUT2D eigenvalue weighted by atomic mass is 16.6. The van der Waals surface area contributed by atoms with Crippen molar-refractivity contribution in [3.8, 4) is 5.88 Å². The average Bonchev–Trinajstić information content (AvgIpc) is 3.12. The largest absolute Gasteiger partial charge is 0.475 e. The Morgan fingerprint density at radius 1 is 1.64 bits per heavy atom. The smallest absolute Gasteiger partial charge is 0.362 e. The zero-order chi connectivity index (χ0) is 16.3. The van der Waals surface area contributed by atoms with Crippen molar-refractivity contribution in [1.29, 1.82) is 0 Å². The Morgan fingerprint density at radius 3 is 2.95 bits per heavy atom. The summed E-state index contributed by atoms with van der Waals surface area (Å²) in [7, 11) is 1.24. The van der Waals surface area contributed by atoms with E-state index in [9.17, 15) is 14.9 Å². The fourth-order valence-corrected chi connectivity index (χ4v) is 2.11. The van der Waals surface area contributed by atoms with Crippen LogP contribution in [0, 0.1) is 10.1 Å². The Balaban J connectivity index is 2.23. The van der Waals surface area contributed by atoms with Crippen molar-refractivity contribution in [3.05, 3.63) is 33.8 Å². The molecule has 0 fully saturated rings. The van der Waals surface area contributed by atoms with Gasteiger partial charge in [0.05, 0.1) is 23.8 Å². The number of aryl methyl sites for hydroxylation is 1. The first-order valence-electron chi connectivity index (χ1n) is 6.58. The van der Waals surface area contributed by atoms with Gasteiger partial charge in [-0.25, -0.2) is 0 Å². The standard InChI is InChI=1S/C12H16N6O4/c1-4-17-8(5-6-13-17)7(2)14-11(19)9-10(18(20)21)12(22-3)16-15-9/h5-7H,4H2,1-3H3,(H,14,19)(H,15,16). The van der Waals surface area contributed by atoms with Crippen LogP contribution in [-0.4, -0.2) is 37.9 Å². The molecule has 2 rings (SSSR count). The summed E-state index contributed by atoms with van der Waals surface area (Å²) in [5.74, 6) is -0.875. The van der Waals surface area contributed by atoms with E-state index >= 15 is 0 Å². The number of hydrogen-bond donors (Lipinski definition) is 2. The van der Waals surface area contributed by atoms with Crippen LogP contribution in [0.2, 0.25) is 0 Å². The van der Waals surface area contributed by atoms with Crippen LogP contribution in [0.1, 0.15) is 36.1 Å². The molecule has 1 atom stereocenters. The van der Waals surface area contributed by atoms with Gasteiger partial charge in [-0.15, -0.1) is 5.10 Å². The lowest BCUT2D eigenvalue weighted by atomic mass is 10.2. The lowest BCUT2D eigenvalue weighted by Gasteiger charge is -2.14. The summed E-state index contributed by atoms with van der Waals surface area (Å²) >= 11 is 0. The Kier molecular flexibility index (Phi) is 4.39. The molecule has 1 unspecified atom stereocenters. The first kappa shape index (κ1) is 15.5. The van der Waals surface area contributed by atoms with E-state index in [1.165, 1.54) is 7.11 Å². The summed E-state index contributed by atoms with van der Waals surface area (Å²) in [6, 6.07) is 1.40. The van der Waals surface area contributed by atoms with Crippen LogP contribution in [0.5, 0.6) is 5.88 Å². The van der Waals surface area contributed by atoms with E-state index in [0.717, 1.165) is 5.69 Å². The van der Waals surface area contributed by atoms with Crippen LogP contribution in [0.25, 0.3) is 0 Å². The van der Waals surface area contributed by atoms with E-state index < -0.39 is 16.5 Å². The number of carbonyl (C=O) groups is 1. The maximum Gasteiger partial charge on any atom is 0.362 e. The summed E-state index contributed by atoms with van der Waals surface area (Å²) < 4.78 is 6.50. The fraction of sp³-hybridized carbons (Fsp3) is 0.417. The molecule has 10 heteroatoms. The number of methoxy groups -OCH3 is 1. The number of aromatic nitrogens is 4. The van der Waals surface area contributed by atoms with Gasteiger partial charge in [0.25, 0.3) is 5.91 Å². The SMILES string of the molecule is CCn1nccc1C(C)NC(=O)c1[nH]nc(OC)c1[N+](=O)[O-]. The third-order valence-electron chi connectivity index (χ3n) is 3.15. The van der Waals surface area contributed by atoms with Crippen LogP contribution in [-0.2, 0) is 6.54 Å². The molecule has 10 nitrogen and oxygen atoms in total. The molecule has 0 radical (unpaired) electrons. The van der Waals surface area contributed by atoms with Crippen LogP contribution in [0.15, 0.2) is 12.3 Å². The second-order valence-electron chi connectivity index (χ2n) is 4.48. The molecule has 2 aromatic rings. The van der Waals surface area contributed by atoms with E-state index in [-0.39, 0.29) is 17.6 Å². The number of amides is 1. The highest BCUT2D eigenvalue weighted by Crippen LogP contribution is 2.28. The van der Waals surface area contributed by atoms with Gasteiger partial charge in [-0.2, -0.15) is 5.10 Å². The van der Waals surface area contributed by atoms with Crippen LogP contribution in [0.4, 0.5) is 5.69 Å². The average molecular weight is 308 g/mol. The molecule has 2 N–H and O–H groups in total. The van der Waals surface area contributed by atoms with Gasteiger partial charge in [-0.1, -0.05) is 0 Å². The molecule has 0 aromatic carbocycles. The molecule has 1 amide bonds. The zero-order valence-electron chi connectivity index (χ0n) is 12.4. The molecular weight excluding hydrogens is 292 g/mol. The van der Waals surface area contributed by atoms with Gasteiger partial charge in [-0.3, -0.25) is 24.7 Å². The summed E-state index contributed by atoms with van der Waals surface area (Å²) in [5.41, 5.74) is 0.0532. The van der Waals surface area contributed by atoms with Gasteiger partial charge in [0.15, 0.2) is 0 Å². The first-order chi connectivity index (χ1) is 10.5. The molecule has 118 valence electrons. The normalized spacial score (nSPS) is 12.0. The maximum atomic E-state index is 12.2. The summed E-state index contributed by atoms with van der Waals surface area (Å²) in [4.78, 5) is 22.6. The Bertz CT molecular complexity index is 692. The molecule has 0 spiro atoms. The molecule has 0 saturated carbocycles. The van der Waals surface area contributed by atoms with E-state index in [4.69, 9.17) is 4.74 Å². The van der Waals surface area contributed by atoms with Gasteiger partial charge < -0.3 is 10.1 Å². The number of hydrogen-bond acceptors (Lipinski definition) is 6. The first-order valence-corrected chi connectivity index (χ1v) is 6.58. The zero-order valence-corrected chi connectivity index (χ0v) is 12.4. The highest BCUT2D eigenvalue weighted by Gasteiger charge is 2.31. The van der Waals surface area contributed by atoms with Crippen molar-refractivity contribution in [2.24, 2.45) is 0 Å². The molecule has 0 saturated heterocycles. The molecule has 0 aliphatic carbocycles. The maximum absolute atomic E-state index is 12.2. The van der Waals surface area contributed by atoms with Crippen molar-refractivity contribution >= 4 is 11.6 Å². The number of rotatable bonds is 6. The van der Waals surface area contributed by atoms with E-state index in [0.29, 0.717) is 6.54 Å². The monoisotopic (exact) mass is 308 g/mol. The number of ether oxygens (including phenoxy) is 1. The van der Waals surface area contributed by atoms with E-state index in [2.05, 4.69) is 20.6 Å².